The SMILES string of the molecule is c1ccc2cc3c(cc2c1)oc1c(-c2cc(-c4cc5ccccc5c5c4oc4cc6ccccc6cc45)c(-c4cc5ccccc5c5c4oc4cc6ccccc6cc45)cc2-c2cc4ccccc4c4c2oc2cc5ccccc5cc24)cc2ccccc2c13. The smallest absolute Gasteiger partial charge is 0.143 e. The van der Waals surface area contributed by atoms with E-state index in [-0.39, 0.29) is 0 Å². The molecular formula is C86H46O4. The molecule has 4 nitrogen and oxygen atoms in total. The van der Waals surface area contributed by atoms with Crippen LogP contribution in [0.3, 0.4) is 0 Å². The summed E-state index contributed by atoms with van der Waals surface area (Å²) in [5, 5.41) is 26.6. The maximum Gasteiger partial charge on any atom is 0.143 e. The molecule has 414 valence electrons. The lowest BCUT2D eigenvalue weighted by atomic mass is 9.82. The van der Waals surface area contributed by atoms with Crippen molar-refractivity contribution in [2.75, 3.05) is 0 Å². The van der Waals surface area contributed by atoms with Gasteiger partial charge in [-0.15, -0.1) is 0 Å². The van der Waals surface area contributed by atoms with E-state index in [0.717, 1.165) is 218 Å². The molecule has 0 saturated heterocycles. The molecule has 0 unspecified atom stereocenters. The van der Waals surface area contributed by atoms with Crippen molar-refractivity contribution < 1.29 is 17.7 Å². The molecule has 4 aromatic heterocycles. The minimum absolute atomic E-state index is 0.809. The summed E-state index contributed by atoms with van der Waals surface area (Å²) in [4.78, 5) is 0. The molecule has 0 aliphatic carbocycles. The first kappa shape index (κ1) is 48.2. The van der Waals surface area contributed by atoms with Crippen molar-refractivity contribution in [2.45, 2.75) is 0 Å². The molecule has 0 aliphatic rings. The molecule has 0 aliphatic heterocycles. The summed E-state index contributed by atoms with van der Waals surface area (Å²) >= 11 is 0. The summed E-state index contributed by atoms with van der Waals surface area (Å²) in [6, 6.07) is 102. The number of fused-ring (bicyclic) bond motifs is 24. The van der Waals surface area contributed by atoms with Gasteiger partial charge in [-0.05, 0) is 193 Å². The molecule has 0 spiro atoms. The van der Waals surface area contributed by atoms with Crippen LogP contribution in [-0.4, -0.2) is 0 Å². The first-order valence-electron chi connectivity index (χ1n) is 30.8. The van der Waals surface area contributed by atoms with Gasteiger partial charge < -0.3 is 17.7 Å². The average molecular weight is 1140 g/mol. The molecule has 0 atom stereocenters. The van der Waals surface area contributed by atoms with Gasteiger partial charge in [-0.3, -0.25) is 0 Å². The zero-order chi connectivity index (χ0) is 58.4. The van der Waals surface area contributed by atoms with E-state index < -0.39 is 0 Å². The van der Waals surface area contributed by atoms with Crippen molar-refractivity contribution in [3.8, 4) is 44.5 Å². The third-order valence-corrected chi connectivity index (χ3v) is 19.6. The summed E-state index contributed by atoms with van der Waals surface area (Å²) in [6.07, 6.45) is 0. The molecule has 21 aromatic rings. The Bertz CT molecular complexity index is 5970. The van der Waals surface area contributed by atoms with Gasteiger partial charge in [-0.2, -0.15) is 0 Å². The molecule has 0 bridgehead atoms. The Morgan fingerprint density at radius 1 is 0.144 bits per heavy atom. The largest absolute Gasteiger partial charge is 0.455 e. The fraction of sp³-hybridized carbons (Fsp3) is 0. The molecule has 0 radical (unpaired) electrons. The fourth-order valence-electron chi connectivity index (χ4n) is 15.5. The topological polar surface area (TPSA) is 52.6 Å². The highest BCUT2D eigenvalue weighted by Crippen LogP contribution is 2.54. The lowest BCUT2D eigenvalue weighted by Gasteiger charge is -2.20. The van der Waals surface area contributed by atoms with Crippen LogP contribution in [0.2, 0.25) is 0 Å². The summed E-state index contributed by atoms with van der Waals surface area (Å²) in [5.41, 5.74) is 14.3. The van der Waals surface area contributed by atoms with Crippen LogP contribution in [0, 0.1) is 0 Å². The highest BCUT2D eigenvalue weighted by atomic mass is 16.3. The Balaban J connectivity index is 0.994. The Morgan fingerprint density at radius 2 is 0.333 bits per heavy atom. The van der Waals surface area contributed by atoms with E-state index in [0.29, 0.717) is 0 Å². The molecule has 90 heavy (non-hydrogen) atoms. The highest BCUT2D eigenvalue weighted by molar-refractivity contribution is 6.31. The third kappa shape index (κ3) is 6.74. The van der Waals surface area contributed by atoms with Crippen LogP contribution in [-0.2, 0) is 0 Å². The minimum atomic E-state index is 0.809. The second kappa shape index (κ2) is 17.8. The van der Waals surface area contributed by atoms with Crippen molar-refractivity contribution in [3.63, 3.8) is 0 Å². The second-order valence-electron chi connectivity index (χ2n) is 24.5. The Kier molecular flexibility index (Phi) is 9.54. The van der Waals surface area contributed by atoms with E-state index in [2.05, 4.69) is 279 Å². The van der Waals surface area contributed by atoms with Gasteiger partial charge in [0.15, 0.2) is 0 Å². The van der Waals surface area contributed by atoms with Crippen LogP contribution in [0.1, 0.15) is 0 Å². The quantitative estimate of drug-likeness (QED) is 0.176. The van der Waals surface area contributed by atoms with Gasteiger partial charge in [0.05, 0.1) is 0 Å². The number of benzene rings is 17. The maximum absolute atomic E-state index is 7.48. The first-order chi connectivity index (χ1) is 44.6. The predicted octanol–water partition coefficient (Wildman–Crippen LogP) is 25.2. The van der Waals surface area contributed by atoms with Crippen LogP contribution >= 0.6 is 0 Å². The molecular weight excluding hydrogens is 1100 g/mol. The zero-order valence-electron chi connectivity index (χ0n) is 48.2. The van der Waals surface area contributed by atoms with E-state index >= 15 is 0 Å². The standard InChI is InChI=1S/C86H46O4/c1-5-21-51-41-75-71(33-47(51)17-1)79-59-29-13-9-25-55(59)37-67(83(79)87-75)63-45-65(69-39-57-27-11-15-31-61(57)81-73-35-49-19-3-7-23-53(49)43-77(73)89-85(69)81)66(70-40-58-28-12-16-32-62(58)82-74-36-50-20-4-8-24-54(50)44-78(74)90-86(70)82)46-64(63)68-38-56-26-10-14-30-60(56)80-72-34-48-18-2-6-22-52(48)42-76(72)88-84(68)80/h1-46H. The van der Waals surface area contributed by atoms with E-state index in [1.54, 1.807) is 0 Å². The van der Waals surface area contributed by atoms with Crippen LogP contribution in [0.25, 0.3) is 218 Å². The Labute approximate surface area is 512 Å². The molecule has 4 heterocycles. The van der Waals surface area contributed by atoms with Crippen molar-refractivity contribution in [2.24, 2.45) is 0 Å². The molecule has 0 amide bonds. The fourth-order valence-corrected chi connectivity index (χ4v) is 15.5. The maximum atomic E-state index is 7.48. The summed E-state index contributed by atoms with van der Waals surface area (Å²) in [5.74, 6) is 0. The molecule has 0 N–H and O–H groups in total. The van der Waals surface area contributed by atoms with Gasteiger partial charge in [0, 0.05) is 65.3 Å². The lowest BCUT2D eigenvalue weighted by molar-refractivity contribution is 0.669. The van der Waals surface area contributed by atoms with Gasteiger partial charge >= 0.3 is 0 Å². The van der Waals surface area contributed by atoms with Crippen molar-refractivity contribution >= 4 is 174 Å². The van der Waals surface area contributed by atoms with E-state index in [9.17, 15) is 0 Å². The van der Waals surface area contributed by atoms with Crippen molar-refractivity contribution in [1.29, 1.82) is 0 Å². The summed E-state index contributed by atoms with van der Waals surface area (Å²) < 4.78 is 29.9. The number of furan rings is 4. The van der Waals surface area contributed by atoms with Crippen LogP contribution in [0.5, 0.6) is 0 Å². The van der Waals surface area contributed by atoms with E-state index in [1.807, 2.05) is 0 Å². The van der Waals surface area contributed by atoms with Crippen molar-refractivity contribution in [3.05, 3.63) is 279 Å². The van der Waals surface area contributed by atoms with Crippen LogP contribution in [0.15, 0.2) is 297 Å². The molecule has 17 aromatic carbocycles. The van der Waals surface area contributed by atoms with Gasteiger partial charge in [-0.1, -0.05) is 194 Å². The second-order valence-corrected chi connectivity index (χ2v) is 24.5. The summed E-state index contributed by atoms with van der Waals surface area (Å²) in [6.45, 7) is 0. The molecule has 0 saturated carbocycles. The van der Waals surface area contributed by atoms with Gasteiger partial charge in [0.25, 0.3) is 0 Å². The highest BCUT2D eigenvalue weighted by Gasteiger charge is 2.29. The third-order valence-electron chi connectivity index (χ3n) is 19.6. The van der Waals surface area contributed by atoms with Gasteiger partial charge in [0.2, 0.25) is 0 Å². The summed E-state index contributed by atoms with van der Waals surface area (Å²) in [7, 11) is 0. The molecule has 21 rings (SSSR count). The van der Waals surface area contributed by atoms with E-state index in [1.165, 1.54) is 0 Å². The average Bonchev–Trinajstić information content (AvgIpc) is 1.45. The Morgan fingerprint density at radius 3 is 0.556 bits per heavy atom. The van der Waals surface area contributed by atoms with Gasteiger partial charge in [0.1, 0.15) is 44.7 Å². The van der Waals surface area contributed by atoms with Crippen molar-refractivity contribution in [1.82, 2.24) is 0 Å². The normalized spacial score (nSPS) is 12.4. The van der Waals surface area contributed by atoms with Gasteiger partial charge in [-0.25, -0.2) is 0 Å². The monoisotopic (exact) mass is 1140 g/mol. The first-order valence-corrected chi connectivity index (χ1v) is 30.8. The lowest BCUT2D eigenvalue weighted by Crippen LogP contribution is -1.95. The van der Waals surface area contributed by atoms with E-state index in [4.69, 9.17) is 17.7 Å². The molecule has 0 fully saturated rings. The number of hydrogen-bond acceptors (Lipinski definition) is 4. The zero-order valence-corrected chi connectivity index (χ0v) is 48.2. The molecule has 4 heteroatoms. The predicted molar refractivity (Wildman–Crippen MR) is 377 cm³/mol. The number of hydrogen-bond donors (Lipinski definition) is 0. The van der Waals surface area contributed by atoms with Crippen LogP contribution < -0.4 is 0 Å². The number of rotatable bonds is 4. The minimum Gasteiger partial charge on any atom is -0.455 e. The van der Waals surface area contributed by atoms with Crippen LogP contribution in [0.4, 0.5) is 0 Å². The Hall–Kier alpha value is -12.0.